The number of nitrogens with one attached hydrogen (secondary N) is 1. The first-order valence-electron chi connectivity index (χ1n) is 6.46. The minimum Gasteiger partial charge on any atom is -0.341 e. The largest absolute Gasteiger partial charge is 0.341 e. The lowest BCUT2D eigenvalue weighted by atomic mass is 9.93. The molecule has 2 rings (SSSR count). The Morgan fingerprint density at radius 2 is 1.89 bits per heavy atom. The highest BCUT2D eigenvalue weighted by atomic mass is 16.2. The predicted molar refractivity (Wildman–Crippen MR) is 64.8 cm³/mol. The lowest BCUT2D eigenvalue weighted by molar-refractivity contribution is -0.141. The first kappa shape index (κ1) is 12.9. The van der Waals surface area contributed by atoms with Gasteiger partial charge in [-0.15, -0.1) is 0 Å². The quantitative estimate of drug-likeness (QED) is 0.734. The third-order valence-corrected chi connectivity index (χ3v) is 3.96. The fourth-order valence-corrected chi connectivity index (χ4v) is 2.35. The van der Waals surface area contributed by atoms with Gasteiger partial charge in [0.15, 0.2) is 0 Å². The summed E-state index contributed by atoms with van der Waals surface area (Å²) in [7, 11) is 0. The van der Waals surface area contributed by atoms with Gasteiger partial charge in [-0.05, 0) is 19.3 Å². The van der Waals surface area contributed by atoms with Crippen molar-refractivity contribution < 1.29 is 14.4 Å². The predicted octanol–water partition coefficient (Wildman–Crippen LogP) is 0.329. The van der Waals surface area contributed by atoms with Crippen LogP contribution in [0, 0.1) is 0 Å². The minimum atomic E-state index is -0.813. The number of hydrogen-bond donors (Lipinski definition) is 1. The summed E-state index contributed by atoms with van der Waals surface area (Å²) in [5, 5.41) is 2.71. The molecule has 0 saturated carbocycles. The molecule has 18 heavy (non-hydrogen) atoms. The summed E-state index contributed by atoms with van der Waals surface area (Å²) >= 11 is 0. The molecular weight excluding hydrogens is 234 g/mol. The van der Waals surface area contributed by atoms with E-state index >= 15 is 0 Å². The Kier molecular flexibility index (Phi) is 3.28. The van der Waals surface area contributed by atoms with Crippen LogP contribution in [0.4, 0.5) is 4.79 Å². The van der Waals surface area contributed by atoms with Crippen LogP contribution >= 0.6 is 0 Å². The standard InChI is InChI=1S/C12H19N3O3/c1-3-12(4-2)10(17)15(11(18)13-12)8-9(16)14-6-5-7-14/h3-8H2,1-2H3,(H,13,18). The van der Waals surface area contributed by atoms with Gasteiger partial charge in [0.1, 0.15) is 12.1 Å². The van der Waals surface area contributed by atoms with Gasteiger partial charge in [-0.2, -0.15) is 0 Å². The van der Waals surface area contributed by atoms with Crippen LogP contribution < -0.4 is 5.32 Å². The van der Waals surface area contributed by atoms with E-state index in [2.05, 4.69) is 5.32 Å². The van der Waals surface area contributed by atoms with Crippen LogP contribution in [0.25, 0.3) is 0 Å². The minimum absolute atomic E-state index is 0.133. The van der Waals surface area contributed by atoms with Crippen molar-refractivity contribution in [2.24, 2.45) is 0 Å². The Labute approximate surface area is 106 Å². The average Bonchev–Trinajstić information content (AvgIpc) is 2.51. The molecule has 100 valence electrons. The van der Waals surface area contributed by atoms with Crippen LogP contribution in [0.2, 0.25) is 0 Å². The molecule has 1 N–H and O–H groups in total. The van der Waals surface area contributed by atoms with Gasteiger partial charge in [-0.1, -0.05) is 13.8 Å². The third-order valence-electron chi connectivity index (χ3n) is 3.96. The van der Waals surface area contributed by atoms with Crippen LogP contribution in [-0.2, 0) is 9.59 Å². The molecule has 0 aromatic rings. The topological polar surface area (TPSA) is 69.7 Å². The van der Waals surface area contributed by atoms with E-state index in [1.165, 1.54) is 0 Å². The Balaban J connectivity index is 2.07. The number of hydrogen-bond acceptors (Lipinski definition) is 3. The maximum Gasteiger partial charge on any atom is 0.325 e. The molecule has 0 atom stereocenters. The molecule has 0 aromatic heterocycles. The highest BCUT2D eigenvalue weighted by Gasteiger charge is 2.49. The number of carbonyl (C=O) groups is 3. The Bertz CT molecular complexity index is 386. The van der Waals surface area contributed by atoms with E-state index in [1.807, 2.05) is 13.8 Å². The number of amides is 4. The maximum absolute atomic E-state index is 12.2. The molecule has 0 bridgehead atoms. The summed E-state index contributed by atoms with van der Waals surface area (Å²) in [6.45, 7) is 5.06. The number of carbonyl (C=O) groups excluding carboxylic acids is 3. The van der Waals surface area contributed by atoms with E-state index in [0.717, 1.165) is 24.4 Å². The van der Waals surface area contributed by atoms with Crippen molar-refractivity contribution >= 4 is 17.8 Å². The van der Waals surface area contributed by atoms with Gasteiger partial charge in [0.05, 0.1) is 0 Å². The first-order valence-corrected chi connectivity index (χ1v) is 6.46. The number of likely N-dealkylation sites (tertiary alicyclic amines) is 1. The highest BCUT2D eigenvalue weighted by Crippen LogP contribution is 2.25. The van der Waals surface area contributed by atoms with Gasteiger partial charge in [0.25, 0.3) is 5.91 Å². The molecule has 0 aromatic carbocycles. The Morgan fingerprint density at radius 1 is 1.28 bits per heavy atom. The van der Waals surface area contributed by atoms with Gasteiger partial charge >= 0.3 is 6.03 Å². The van der Waals surface area contributed by atoms with Crippen molar-refractivity contribution in [2.45, 2.75) is 38.6 Å². The highest BCUT2D eigenvalue weighted by molar-refractivity contribution is 6.09. The van der Waals surface area contributed by atoms with E-state index in [1.54, 1.807) is 4.90 Å². The van der Waals surface area contributed by atoms with E-state index in [9.17, 15) is 14.4 Å². The zero-order valence-corrected chi connectivity index (χ0v) is 10.9. The number of rotatable bonds is 4. The number of imide groups is 1. The van der Waals surface area contributed by atoms with Crippen LogP contribution in [-0.4, -0.2) is 52.8 Å². The third kappa shape index (κ3) is 1.85. The van der Waals surface area contributed by atoms with Gasteiger partial charge in [-0.3, -0.25) is 14.5 Å². The van der Waals surface area contributed by atoms with Gasteiger partial charge in [0.2, 0.25) is 5.91 Å². The second-order valence-electron chi connectivity index (χ2n) is 4.85. The molecule has 6 heteroatoms. The second-order valence-corrected chi connectivity index (χ2v) is 4.85. The summed E-state index contributed by atoms with van der Waals surface area (Å²) < 4.78 is 0. The van der Waals surface area contributed by atoms with Crippen molar-refractivity contribution in [1.82, 2.24) is 15.1 Å². The van der Waals surface area contributed by atoms with Gasteiger partial charge in [-0.25, -0.2) is 4.79 Å². The molecule has 0 spiro atoms. The monoisotopic (exact) mass is 253 g/mol. The summed E-state index contributed by atoms with van der Waals surface area (Å²) in [5.41, 5.74) is -0.813. The van der Waals surface area contributed by atoms with Crippen LogP contribution in [0.15, 0.2) is 0 Å². The van der Waals surface area contributed by atoms with Crippen LogP contribution in [0.1, 0.15) is 33.1 Å². The molecule has 2 saturated heterocycles. The molecule has 6 nitrogen and oxygen atoms in total. The van der Waals surface area contributed by atoms with Crippen LogP contribution in [0.3, 0.4) is 0 Å². The molecule has 0 unspecified atom stereocenters. The van der Waals surface area contributed by atoms with E-state index in [-0.39, 0.29) is 18.4 Å². The molecule has 2 fully saturated rings. The second kappa shape index (κ2) is 4.59. The average molecular weight is 253 g/mol. The fourth-order valence-electron chi connectivity index (χ4n) is 2.35. The Morgan fingerprint density at radius 3 is 2.28 bits per heavy atom. The molecule has 2 aliphatic heterocycles. The van der Waals surface area contributed by atoms with Crippen molar-refractivity contribution in [3.63, 3.8) is 0 Å². The molecule has 2 heterocycles. The zero-order valence-electron chi connectivity index (χ0n) is 10.9. The van der Waals surface area contributed by atoms with Gasteiger partial charge in [0, 0.05) is 13.1 Å². The zero-order chi connectivity index (χ0) is 13.3. The first-order chi connectivity index (χ1) is 8.54. The van der Waals surface area contributed by atoms with Gasteiger partial charge < -0.3 is 10.2 Å². The van der Waals surface area contributed by atoms with Crippen molar-refractivity contribution in [3.8, 4) is 0 Å². The van der Waals surface area contributed by atoms with Crippen molar-refractivity contribution in [3.05, 3.63) is 0 Å². The summed E-state index contributed by atoms with van der Waals surface area (Å²) in [6.07, 6.45) is 2.09. The van der Waals surface area contributed by atoms with E-state index < -0.39 is 11.6 Å². The lowest BCUT2D eigenvalue weighted by Gasteiger charge is -2.32. The molecule has 0 aliphatic carbocycles. The van der Waals surface area contributed by atoms with E-state index in [4.69, 9.17) is 0 Å². The molecule has 0 radical (unpaired) electrons. The SMILES string of the molecule is CCC1(CC)NC(=O)N(CC(=O)N2CCC2)C1=O. The van der Waals surface area contributed by atoms with Crippen molar-refractivity contribution in [1.29, 1.82) is 0 Å². The van der Waals surface area contributed by atoms with E-state index in [0.29, 0.717) is 12.8 Å². The number of nitrogens with zero attached hydrogens (tertiary/aromatic N) is 2. The summed E-state index contributed by atoms with van der Waals surface area (Å²) in [6, 6.07) is -0.447. The fraction of sp³-hybridized carbons (Fsp3) is 0.750. The Hall–Kier alpha value is -1.59. The molecular formula is C12H19N3O3. The maximum atomic E-state index is 12.2. The normalized spacial score (nSPS) is 21.9. The summed E-state index contributed by atoms with van der Waals surface area (Å²) in [5.74, 6) is -0.417. The van der Waals surface area contributed by atoms with Crippen LogP contribution in [0.5, 0.6) is 0 Å². The lowest BCUT2D eigenvalue weighted by Crippen LogP contribution is -2.49. The smallest absolute Gasteiger partial charge is 0.325 e. The molecule has 4 amide bonds. The summed E-state index contributed by atoms with van der Waals surface area (Å²) in [4.78, 5) is 38.6. The number of urea groups is 1. The molecule has 2 aliphatic rings. The van der Waals surface area contributed by atoms with Crippen molar-refractivity contribution in [2.75, 3.05) is 19.6 Å².